The number of aromatic nitrogens is 2. The van der Waals surface area contributed by atoms with Crippen LogP contribution in [-0.4, -0.2) is 42.8 Å². The highest BCUT2D eigenvalue weighted by molar-refractivity contribution is 8.07. The minimum atomic E-state index is -0.282. The van der Waals surface area contributed by atoms with Gasteiger partial charge in [-0.2, -0.15) is 23.5 Å². The SMILES string of the molecule is CCn1ccnc1CC(O)C1SCCSC1C. The molecular weight excluding hydrogens is 252 g/mol. The van der Waals surface area contributed by atoms with E-state index in [-0.39, 0.29) is 6.10 Å². The van der Waals surface area contributed by atoms with Crippen LogP contribution in [0.4, 0.5) is 0 Å². The van der Waals surface area contributed by atoms with Crippen LogP contribution in [-0.2, 0) is 13.0 Å². The van der Waals surface area contributed by atoms with Gasteiger partial charge in [0, 0.05) is 47.4 Å². The zero-order valence-electron chi connectivity index (χ0n) is 10.4. The van der Waals surface area contributed by atoms with Crippen molar-refractivity contribution in [2.24, 2.45) is 0 Å². The molecule has 17 heavy (non-hydrogen) atoms. The van der Waals surface area contributed by atoms with Crippen LogP contribution in [0.2, 0.25) is 0 Å². The lowest BCUT2D eigenvalue weighted by Crippen LogP contribution is -2.36. The Bertz CT molecular complexity index is 356. The molecule has 0 bridgehead atoms. The predicted molar refractivity (Wildman–Crippen MR) is 75.8 cm³/mol. The van der Waals surface area contributed by atoms with Crippen molar-refractivity contribution in [1.29, 1.82) is 0 Å². The first-order valence-corrected chi connectivity index (χ1v) is 8.23. The van der Waals surface area contributed by atoms with Crippen LogP contribution in [0.15, 0.2) is 12.4 Å². The first kappa shape index (κ1) is 13.3. The first-order valence-electron chi connectivity index (χ1n) is 6.13. The number of hydrogen-bond acceptors (Lipinski definition) is 4. The number of rotatable bonds is 4. The Labute approximate surface area is 111 Å². The van der Waals surface area contributed by atoms with E-state index < -0.39 is 0 Å². The summed E-state index contributed by atoms with van der Waals surface area (Å²) < 4.78 is 2.11. The van der Waals surface area contributed by atoms with Gasteiger partial charge in [0.2, 0.25) is 0 Å². The maximum atomic E-state index is 10.3. The van der Waals surface area contributed by atoms with Gasteiger partial charge in [-0.15, -0.1) is 0 Å². The fourth-order valence-corrected chi connectivity index (χ4v) is 5.04. The molecule has 3 unspecified atom stereocenters. The Morgan fingerprint density at radius 1 is 1.53 bits per heavy atom. The van der Waals surface area contributed by atoms with Crippen LogP contribution >= 0.6 is 23.5 Å². The van der Waals surface area contributed by atoms with E-state index >= 15 is 0 Å². The summed E-state index contributed by atoms with van der Waals surface area (Å²) in [5.74, 6) is 3.36. The van der Waals surface area contributed by atoms with E-state index in [2.05, 4.69) is 23.4 Å². The van der Waals surface area contributed by atoms with Gasteiger partial charge < -0.3 is 9.67 Å². The van der Waals surface area contributed by atoms with Crippen LogP contribution in [0.25, 0.3) is 0 Å². The molecule has 1 aliphatic rings. The number of aryl methyl sites for hydroxylation is 1. The van der Waals surface area contributed by atoms with Crippen LogP contribution in [0.3, 0.4) is 0 Å². The van der Waals surface area contributed by atoms with Crippen LogP contribution in [0, 0.1) is 0 Å². The third-order valence-corrected chi connectivity index (χ3v) is 6.39. The maximum absolute atomic E-state index is 10.3. The van der Waals surface area contributed by atoms with Crippen molar-refractivity contribution in [2.75, 3.05) is 11.5 Å². The molecule has 1 aromatic rings. The first-order chi connectivity index (χ1) is 8.22. The normalized spacial score (nSPS) is 27.0. The van der Waals surface area contributed by atoms with Gasteiger partial charge in [-0.3, -0.25) is 0 Å². The van der Waals surface area contributed by atoms with E-state index in [4.69, 9.17) is 0 Å². The minimum absolute atomic E-state index is 0.282. The predicted octanol–water partition coefficient (Wildman–Crippen LogP) is 2.04. The van der Waals surface area contributed by atoms with Gasteiger partial charge in [0.25, 0.3) is 0 Å². The number of aliphatic hydroxyl groups excluding tert-OH is 1. The molecular formula is C12H20N2OS2. The molecule has 0 saturated carbocycles. The van der Waals surface area contributed by atoms with Gasteiger partial charge in [0.15, 0.2) is 0 Å². The third-order valence-electron chi connectivity index (χ3n) is 3.15. The topological polar surface area (TPSA) is 38.0 Å². The molecule has 5 heteroatoms. The largest absolute Gasteiger partial charge is 0.391 e. The standard InChI is InChI=1S/C12H20N2OS2/c1-3-14-5-4-13-11(14)8-10(15)12-9(2)16-6-7-17-12/h4-5,9-10,12,15H,3,6-8H2,1-2H3. The van der Waals surface area contributed by atoms with Crippen molar-refractivity contribution in [1.82, 2.24) is 9.55 Å². The minimum Gasteiger partial charge on any atom is -0.391 e. The summed E-state index contributed by atoms with van der Waals surface area (Å²) in [6.45, 7) is 5.24. The van der Waals surface area contributed by atoms with Gasteiger partial charge in [-0.1, -0.05) is 6.92 Å². The molecule has 2 heterocycles. The summed E-state index contributed by atoms with van der Waals surface area (Å²) in [5, 5.41) is 11.2. The summed E-state index contributed by atoms with van der Waals surface area (Å²) >= 11 is 3.88. The number of nitrogens with zero attached hydrogens (tertiary/aromatic N) is 2. The molecule has 2 rings (SSSR count). The number of imidazole rings is 1. The monoisotopic (exact) mass is 272 g/mol. The van der Waals surface area contributed by atoms with Crippen molar-refractivity contribution in [2.45, 2.75) is 43.4 Å². The molecule has 1 saturated heterocycles. The van der Waals surface area contributed by atoms with E-state index in [1.54, 1.807) is 0 Å². The lowest BCUT2D eigenvalue weighted by Gasteiger charge is -2.31. The summed E-state index contributed by atoms with van der Waals surface area (Å²) in [6, 6.07) is 0. The number of aliphatic hydroxyl groups is 1. The molecule has 1 N–H and O–H groups in total. The quantitative estimate of drug-likeness (QED) is 0.910. The van der Waals surface area contributed by atoms with E-state index in [1.807, 2.05) is 35.9 Å². The summed E-state index contributed by atoms with van der Waals surface area (Å²) in [6.07, 6.45) is 4.19. The molecule has 0 aliphatic carbocycles. The van der Waals surface area contributed by atoms with E-state index in [0.717, 1.165) is 18.1 Å². The molecule has 0 spiro atoms. The van der Waals surface area contributed by atoms with E-state index in [0.29, 0.717) is 16.9 Å². The van der Waals surface area contributed by atoms with E-state index in [9.17, 15) is 5.11 Å². The number of hydrogen-bond donors (Lipinski definition) is 1. The smallest absolute Gasteiger partial charge is 0.111 e. The summed E-state index contributed by atoms with van der Waals surface area (Å²) in [5.41, 5.74) is 0. The Balaban J connectivity index is 1.98. The molecule has 3 atom stereocenters. The average molecular weight is 272 g/mol. The van der Waals surface area contributed by atoms with Crippen molar-refractivity contribution in [3.05, 3.63) is 18.2 Å². The average Bonchev–Trinajstić information content (AvgIpc) is 2.76. The highest BCUT2D eigenvalue weighted by Crippen LogP contribution is 2.33. The Hall–Kier alpha value is -0.130. The highest BCUT2D eigenvalue weighted by Gasteiger charge is 2.29. The zero-order chi connectivity index (χ0) is 12.3. The fourth-order valence-electron chi connectivity index (χ4n) is 2.19. The van der Waals surface area contributed by atoms with Crippen molar-refractivity contribution < 1.29 is 5.11 Å². The zero-order valence-corrected chi connectivity index (χ0v) is 12.0. The highest BCUT2D eigenvalue weighted by atomic mass is 32.2. The molecule has 0 amide bonds. The molecule has 3 nitrogen and oxygen atoms in total. The van der Waals surface area contributed by atoms with Crippen LogP contribution < -0.4 is 0 Å². The van der Waals surface area contributed by atoms with E-state index in [1.165, 1.54) is 5.75 Å². The molecule has 1 aromatic heterocycles. The summed E-state index contributed by atoms with van der Waals surface area (Å²) in [4.78, 5) is 4.33. The summed E-state index contributed by atoms with van der Waals surface area (Å²) in [7, 11) is 0. The van der Waals surface area contributed by atoms with Gasteiger partial charge >= 0.3 is 0 Å². The Morgan fingerprint density at radius 2 is 2.29 bits per heavy atom. The lowest BCUT2D eigenvalue weighted by molar-refractivity contribution is 0.167. The van der Waals surface area contributed by atoms with Gasteiger partial charge in [-0.05, 0) is 6.92 Å². The van der Waals surface area contributed by atoms with Crippen molar-refractivity contribution in [3.63, 3.8) is 0 Å². The molecule has 1 aliphatic heterocycles. The van der Waals surface area contributed by atoms with Gasteiger partial charge in [0.1, 0.15) is 5.82 Å². The second kappa shape index (κ2) is 6.16. The van der Waals surface area contributed by atoms with Crippen LogP contribution in [0.1, 0.15) is 19.7 Å². The molecule has 1 fully saturated rings. The maximum Gasteiger partial charge on any atom is 0.111 e. The Kier molecular flexibility index (Phi) is 4.82. The fraction of sp³-hybridized carbons (Fsp3) is 0.750. The molecule has 96 valence electrons. The van der Waals surface area contributed by atoms with Gasteiger partial charge in [-0.25, -0.2) is 4.98 Å². The second-order valence-corrected chi connectivity index (χ2v) is 7.08. The van der Waals surface area contributed by atoms with Crippen molar-refractivity contribution >= 4 is 23.5 Å². The third kappa shape index (κ3) is 3.20. The Morgan fingerprint density at radius 3 is 3.00 bits per heavy atom. The molecule has 0 radical (unpaired) electrons. The number of thioether (sulfide) groups is 2. The molecule has 0 aromatic carbocycles. The van der Waals surface area contributed by atoms with Crippen molar-refractivity contribution in [3.8, 4) is 0 Å². The van der Waals surface area contributed by atoms with Crippen LogP contribution in [0.5, 0.6) is 0 Å². The second-order valence-electron chi connectivity index (χ2n) is 4.31. The lowest BCUT2D eigenvalue weighted by atomic mass is 10.1. The van der Waals surface area contributed by atoms with Gasteiger partial charge in [0.05, 0.1) is 6.10 Å².